The molecule has 1 heterocycles. The third kappa shape index (κ3) is 6.70. The summed E-state index contributed by atoms with van der Waals surface area (Å²) < 4.78 is 48.5. The quantitative estimate of drug-likeness (QED) is 0.349. The maximum atomic E-state index is 12.7. The Morgan fingerprint density at radius 2 is 1.90 bits per heavy atom. The first kappa shape index (κ1) is 22.1. The molecule has 1 aromatic heterocycles. The first-order valence-corrected chi connectivity index (χ1v) is 8.78. The summed E-state index contributed by atoms with van der Waals surface area (Å²) in [5.74, 6) is 1.57. The zero-order valence-corrected chi connectivity index (χ0v) is 16.3. The molecule has 2 rings (SSSR count). The van der Waals surface area contributed by atoms with Gasteiger partial charge in [-0.3, -0.25) is 4.99 Å². The van der Waals surface area contributed by atoms with Gasteiger partial charge in [0.1, 0.15) is 5.69 Å². The van der Waals surface area contributed by atoms with E-state index >= 15 is 0 Å². The van der Waals surface area contributed by atoms with Crippen LogP contribution in [-0.2, 0) is 6.18 Å². The Balaban J connectivity index is 1.97. The van der Waals surface area contributed by atoms with Gasteiger partial charge in [0.15, 0.2) is 17.5 Å². The molecule has 0 amide bonds. The molecule has 11 heteroatoms. The Bertz CT molecular complexity index is 829. The smallest absolute Gasteiger partial charge is 0.433 e. The number of hydrogen-bond acceptors (Lipinski definition) is 6. The Labute approximate surface area is 166 Å². The van der Waals surface area contributed by atoms with Gasteiger partial charge in [-0.25, -0.2) is 9.97 Å². The minimum absolute atomic E-state index is 0.104. The van der Waals surface area contributed by atoms with Crippen LogP contribution in [0.2, 0.25) is 0 Å². The number of anilines is 2. The van der Waals surface area contributed by atoms with E-state index in [0.717, 1.165) is 18.0 Å². The molecule has 0 atom stereocenters. The molecule has 0 aliphatic carbocycles. The summed E-state index contributed by atoms with van der Waals surface area (Å²) in [5, 5.41) is 8.94. The van der Waals surface area contributed by atoms with E-state index in [2.05, 4.69) is 30.9 Å². The Morgan fingerprint density at radius 3 is 2.55 bits per heavy atom. The molecule has 29 heavy (non-hydrogen) atoms. The fraction of sp³-hybridized carbons (Fsp3) is 0.389. The normalized spacial score (nSPS) is 11.7. The van der Waals surface area contributed by atoms with Crippen molar-refractivity contribution >= 4 is 17.6 Å². The summed E-state index contributed by atoms with van der Waals surface area (Å²) in [6.07, 6.45) is -3.46. The molecular formula is C18H23F3N6O2. The van der Waals surface area contributed by atoms with Crippen LogP contribution >= 0.6 is 0 Å². The van der Waals surface area contributed by atoms with E-state index in [9.17, 15) is 13.2 Å². The lowest BCUT2D eigenvalue weighted by Gasteiger charge is -2.14. The average Bonchev–Trinajstić information content (AvgIpc) is 2.70. The lowest BCUT2D eigenvalue weighted by atomic mass is 10.3. The highest BCUT2D eigenvalue weighted by Crippen LogP contribution is 2.29. The van der Waals surface area contributed by atoms with E-state index in [1.54, 1.807) is 26.4 Å². The topological polar surface area (TPSA) is 92.7 Å². The molecule has 3 N–H and O–H groups in total. The standard InChI is InChI=1S/C18H23F3N6O2/c1-4-22-16(26-12-5-6-13(28-2)14(11-12)29-3)24-9-10-25-17-23-8-7-15(27-17)18(19,20)21/h5-8,11H,4,9-10H2,1-3H3,(H2,22,24,26)(H,23,25,27). The highest BCUT2D eigenvalue weighted by Gasteiger charge is 2.32. The number of benzene rings is 1. The van der Waals surface area contributed by atoms with Crippen molar-refractivity contribution in [3.63, 3.8) is 0 Å². The maximum absolute atomic E-state index is 12.7. The van der Waals surface area contributed by atoms with Crippen LogP contribution in [0.4, 0.5) is 24.8 Å². The lowest BCUT2D eigenvalue weighted by Crippen LogP contribution is -2.31. The second-order valence-electron chi connectivity index (χ2n) is 5.65. The third-order valence-electron chi connectivity index (χ3n) is 3.60. The molecule has 0 unspecified atom stereocenters. The van der Waals surface area contributed by atoms with E-state index in [0.29, 0.717) is 24.0 Å². The SMILES string of the molecule is CCNC(=NCCNc1nccc(C(F)(F)F)n1)Nc1ccc(OC)c(OC)c1. The number of alkyl halides is 3. The highest BCUT2D eigenvalue weighted by molar-refractivity contribution is 5.93. The predicted octanol–water partition coefficient (Wildman–Crippen LogP) is 3.00. The molecular weight excluding hydrogens is 389 g/mol. The zero-order chi connectivity index (χ0) is 21.3. The number of halogens is 3. The van der Waals surface area contributed by atoms with Crippen LogP contribution < -0.4 is 25.4 Å². The highest BCUT2D eigenvalue weighted by atomic mass is 19.4. The number of guanidine groups is 1. The van der Waals surface area contributed by atoms with Crippen molar-refractivity contribution in [3.8, 4) is 11.5 Å². The second-order valence-corrected chi connectivity index (χ2v) is 5.65. The summed E-state index contributed by atoms with van der Waals surface area (Å²) in [4.78, 5) is 11.6. The van der Waals surface area contributed by atoms with Crippen LogP contribution in [0.1, 0.15) is 12.6 Å². The molecule has 0 bridgehead atoms. The van der Waals surface area contributed by atoms with Gasteiger partial charge in [0, 0.05) is 31.0 Å². The van der Waals surface area contributed by atoms with Crippen LogP contribution in [-0.4, -0.2) is 49.8 Å². The van der Waals surface area contributed by atoms with Crippen molar-refractivity contribution in [1.82, 2.24) is 15.3 Å². The summed E-state index contributed by atoms with van der Waals surface area (Å²) in [6, 6.07) is 6.15. The summed E-state index contributed by atoms with van der Waals surface area (Å²) in [7, 11) is 3.10. The van der Waals surface area contributed by atoms with E-state index in [4.69, 9.17) is 9.47 Å². The van der Waals surface area contributed by atoms with E-state index < -0.39 is 11.9 Å². The van der Waals surface area contributed by atoms with Gasteiger partial charge in [0.25, 0.3) is 0 Å². The maximum Gasteiger partial charge on any atom is 0.433 e. The van der Waals surface area contributed by atoms with Gasteiger partial charge >= 0.3 is 6.18 Å². The number of methoxy groups -OCH3 is 2. The molecule has 0 spiro atoms. The number of hydrogen-bond donors (Lipinski definition) is 3. The van der Waals surface area contributed by atoms with Crippen molar-refractivity contribution in [1.29, 1.82) is 0 Å². The molecule has 0 aliphatic rings. The van der Waals surface area contributed by atoms with Gasteiger partial charge in [0.2, 0.25) is 5.95 Å². The number of ether oxygens (including phenoxy) is 2. The molecule has 1 aromatic carbocycles. The number of aliphatic imine (C=N–C) groups is 1. The van der Waals surface area contributed by atoms with Crippen LogP contribution in [0, 0.1) is 0 Å². The number of aromatic nitrogens is 2. The first-order chi connectivity index (χ1) is 13.9. The van der Waals surface area contributed by atoms with Gasteiger partial charge in [-0.2, -0.15) is 13.2 Å². The minimum Gasteiger partial charge on any atom is -0.493 e. The summed E-state index contributed by atoms with van der Waals surface area (Å²) in [6.45, 7) is 3.08. The van der Waals surface area contributed by atoms with Crippen LogP contribution in [0.15, 0.2) is 35.5 Å². The lowest BCUT2D eigenvalue weighted by molar-refractivity contribution is -0.141. The van der Waals surface area contributed by atoms with E-state index in [-0.39, 0.29) is 19.0 Å². The average molecular weight is 412 g/mol. The molecule has 0 fully saturated rings. The number of rotatable bonds is 8. The Kier molecular flexibility index (Phi) is 7.87. The monoisotopic (exact) mass is 412 g/mol. The number of nitrogens with one attached hydrogen (secondary N) is 3. The molecule has 2 aromatic rings. The fourth-order valence-electron chi connectivity index (χ4n) is 2.29. The van der Waals surface area contributed by atoms with Crippen molar-refractivity contribution in [3.05, 3.63) is 36.2 Å². The van der Waals surface area contributed by atoms with Crippen molar-refractivity contribution in [2.24, 2.45) is 4.99 Å². The van der Waals surface area contributed by atoms with Crippen LogP contribution in [0.3, 0.4) is 0 Å². The molecule has 0 saturated heterocycles. The molecule has 8 nitrogen and oxygen atoms in total. The third-order valence-corrected chi connectivity index (χ3v) is 3.60. The molecule has 158 valence electrons. The van der Waals surface area contributed by atoms with Crippen LogP contribution in [0.25, 0.3) is 0 Å². The molecule has 0 radical (unpaired) electrons. The predicted molar refractivity (Wildman–Crippen MR) is 105 cm³/mol. The second kappa shape index (κ2) is 10.3. The van der Waals surface area contributed by atoms with Crippen LogP contribution in [0.5, 0.6) is 11.5 Å². The van der Waals surface area contributed by atoms with Gasteiger partial charge < -0.3 is 25.4 Å². The van der Waals surface area contributed by atoms with Gasteiger partial charge in [-0.15, -0.1) is 0 Å². The molecule has 0 saturated carbocycles. The van der Waals surface area contributed by atoms with E-state index in [1.807, 2.05) is 13.0 Å². The Morgan fingerprint density at radius 1 is 1.14 bits per heavy atom. The van der Waals surface area contributed by atoms with Crippen molar-refractivity contribution < 1.29 is 22.6 Å². The largest absolute Gasteiger partial charge is 0.493 e. The van der Waals surface area contributed by atoms with Crippen molar-refractivity contribution in [2.75, 3.05) is 44.5 Å². The Hall–Kier alpha value is -3.24. The summed E-state index contributed by atoms with van der Waals surface area (Å²) in [5.41, 5.74) is -0.265. The fourth-order valence-corrected chi connectivity index (χ4v) is 2.29. The number of nitrogens with zero attached hydrogens (tertiary/aromatic N) is 3. The molecule has 0 aliphatic heterocycles. The van der Waals surface area contributed by atoms with E-state index in [1.165, 1.54) is 0 Å². The van der Waals surface area contributed by atoms with Crippen molar-refractivity contribution in [2.45, 2.75) is 13.1 Å². The summed E-state index contributed by atoms with van der Waals surface area (Å²) >= 11 is 0. The minimum atomic E-state index is -4.51. The first-order valence-electron chi connectivity index (χ1n) is 8.78. The van der Waals surface area contributed by atoms with Gasteiger partial charge in [-0.1, -0.05) is 0 Å². The van der Waals surface area contributed by atoms with Gasteiger partial charge in [0.05, 0.1) is 20.8 Å². The van der Waals surface area contributed by atoms with Gasteiger partial charge in [-0.05, 0) is 25.1 Å². The zero-order valence-electron chi connectivity index (χ0n) is 16.3.